The number of nitrogens with zero attached hydrogens (tertiary/aromatic N) is 1. The summed E-state index contributed by atoms with van der Waals surface area (Å²) in [5, 5.41) is 2.70. The number of hydrogen-bond acceptors (Lipinski definition) is 5. The minimum Gasteiger partial charge on any atom is -0.497 e. The van der Waals surface area contributed by atoms with Gasteiger partial charge in [-0.3, -0.25) is 9.59 Å². The van der Waals surface area contributed by atoms with Gasteiger partial charge >= 0.3 is 0 Å². The molecular formula is C23H26N2O5S. The molecule has 31 heavy (non-hydrogen) atoms. The molecule has 0 saturated heterocycles. The molecule has 0 spiro atoms. The molecule has 2 amide bonds. The van der Waals surface area contributed by atoms with Gasteiger partial charge in [-0.1, -0.05) is 6.07 Å². The number of carbonyl (C=O) groups is 2. The molecule has 0 radical (unpaired) electrons. The van der Waals surface area contributed by atoms with E-state index in [0.29, 0.717) is 17.9 Å². The van der Waals surface area contributed by atoms with Crippen LogP contribution in [0.1, 0.15) is 31.7 Å². The zero-order chi connectivity index (χ0) is 22.2. The lowest BCUT2D eigenvalue weighted by molar-refractivity contribution is -0.120. The van der Waals surface area contributed by atoms with Gasteiger partial charge in [0.1, 0.15) is 5.75 Å². The van der Waals surface area contributed by atoms with Gasteiger partial charge in [0, 0.05) is 35.8 Å². The number of amides is 2. The summed E-state index contributed by atoms with van der Waals surface area (Å²) in [6.07, 6.45) is 2.34. The molecule has 1 aliphatic heterocycles. The highest BCUT2D eigenvalue weighted by Gasteiger charge is 2.39. The zero-order valence-corrected chi connectivity index (χ0v) is 18.4. The average Bonchev–Trinajstić information content (AvgIpc) is 3.54. The Morgan fingerprint density at radius 2 is 1.94 bits per heavy atom. The van der Waals surface area contributed by atoms with E-state index in [1.165, 1.54) is 7.11 Å². The predicted octanol–water partition coefficient (Wildman–Crippen LogP) is 3.19. The van der Waals surface area contributed by atoms with Crippen molar-refractivity contribution < 1.29 is 22.7 Å². The fourth-order valence-corrected chi connectivity index (χ4v) is 5.22. The Morgan fingerprint density at radius 1 is 1.16 bits per heavy atom. The van der Waals surface area contributed by atoms with Crippen LogP contribution in [0.25, 0.3) is 0 Å². The maximum atomic E-state index is 12.8. The Kier molecular flexibility index (Phi) is 5.75. The van der Waals surface area contributed by atoms with E-state index < -0.39 is 9.84 Å². The first-order chi connectivity index (χ1) is 14.8. The third-order valence-corrected chi connectivity index (χ3v) is 7.45. The van der Waals surface area contributed by atoms with Gasteiger partial charge in [0.25, 0.3) is 0 Å². The van der Waals surface area contributed by atoms with Gasteiger partial charge in [-0.15, -0.1) is 0 Å². The SMILES string of the molecule is COc1cccc(NC(=O)CCS(=O)(=O)c2ccc3c(c2)C[C@H](C)N3C(=O)C2CC2)c1. The number of methoxy groups -OCH3 is 1. The molecule has 1 fully saturated rings. The van der Waals surface area contributed by atoms with Crippen molar-refractivity contribution in [3.05, 3.63) is 48.0 Å². The Labute approximate surface area is 182 Å². The quantitative estimate of drug-likeness (QED) is 0.711. The second-order valence-electron chi connectivity index (χ2n) is 8.18. The minimum absolute atomic E-state index is 0.0229. The molecule has 164 valence electrons. The van der Waals surface area contributed by atoms with Crippen molar-refractivity contribution in [2.75, 3.05) is 23.1 Å². The summed E-state index contributed by atoms with van der Waals surface area (Å²) in [5.74, 6) is 0.179. The summed E-state index contributed by atoms with van der Waals surface area (Å²) in [7, 11) is -2.10. The van der Waals surface area contributed by atoms with E-state index in [0.717, 1.165) is 24.1 Å². The molecular weight excluding hydrogens is 416 g/mol. The van der Waals surface area contributed by atoms with Crippen LogP contribution in [0.5, 0.6) is 5.75 Å². The number of hydrogen-bond donors (Lipinski definition) is 1. The fourth-order valence-electron chi connectivity index (χ4n) is 3.93. The molecule has 1 heterocycles. The maximum Gasteiger partial charge on any atom is 0.230 e. The van der Waals surface area contributed by atoms with Crippen LogP contribution in [0.15, 0.2) is 47.4 Å². The van der Waals surface area contributed by atoms with Crippen molar-refractivity contribution in [3.63, 3.8) is 0 Å². The molecule has 0 bridgehead atoms. The normalized spacial score (nSPS) is 17.9. The van der Waals surface area contributed by atoms with Gasteiger partial charge in [-0.25, -0.2) is 8.42 Å². The molecule has 0 unspecified atom stereocenters. The summed E-state index contributed by atoms with van der Waals surface area (Å²) in [5.41, 5.74) is 2.22. The van der Waals surface area contributed by atoms with E-state index in [1.807, 2.05) is 11.8 Å². The smallest absolute Gasteiger partial charge is 0.230 e. The lowest BCUT2D eigenvalue weighted by Gasteiger charge is -2.22. The van der Waals surface area contributed by atoms with Crippen molar-refractivity contribution in [2.24, 2.45) is 5.92 Å². The molecule has 1 N–H and O–H groups in total. The number of carbonyl (C=O) groups excluding carboxylic acids is 2. The molecule has 4 rings (SSSR count). The van der Waals surface area contributed by atoms with Crippen LogP contribution in [-0.4, -0.2) is 39.1 Å². The van der Waals surface area contributed by atoms with Gasteiger partial charge < -0.3 is 15.0 Å². The van der Waals surface area contributed by atoms with Crippen molar-refractivity contribution in [3.8, 4) is 5.75 Å². The first-order valence-corrected chi connectivity index (χ1v) is 12.1. The summed E-state index contributed by atoms with van der Waals surface area (Å²) < 4.78 is 30.8. The Balaban J connectivity index is 1.42. The number of nitrogens with one attached hydrogen (secondary N) is 1. The van der Waals surface area contributed by atoms with Crippen LogP contribution in [0.3, 0.4) is 0 Å². The summed E-state index contributed by atoms with van der Waals surface area (Å²) >= 11 is 0. The fraction of sp³-hybridized carbons (Fsp3) is 0.391. The third-order valence-electron chi connectivity index (χ3n) is 5.74. The van der Waals surface area contributed by atoms with Crippen molar-refractivity contribution >= 4 is 33.0 Å². The number of ether oxygens (including phenoxy) is 1. The molecule has 0 aromatic heterocycles. The van der Waals surface area contributed by atoms with Gasteiger partial charge in [0.05, 0.1) is 17.8 Å². The molecule has 2 aliphatic rings. The summed E-state index contributed by atoms with van der Waals surface area (Å²) in [4.78, 5) is 26.8. The van der Waals surface area contributed by atoms with Crippen LogP contribution in [0.2, 0.25) is 0 Å². The average molecular weight is 443 g/mol. The predicted molar refractivity (Wildman–Crippen MR) is 118 cm³/mol. The van der Waals surface area contributed by atoms with E-state index in [4.69, 9.17) is 4.74 Å². The highest BCUT2D eigenvalue weighted by Crippen LogP contribution is 2.39. The molecule has 1 aliphatic carbocycles. The number of anilines is 2. The minimum atomic E-state index is -3.63. The molecule has 8 heteroatoms. The van der Waals surface area contributed by atoms with Crippen LogP contribution in [0, 0.1) is 5.92 Å². The number of benzene rings is 2. The van der Waals surface area contributed by atoms with Gasteiger partial charge in [-0.2, -0.15) is 0 Å². The van der Waals surface area contributed by atoms with Crippen LogP contribution < -0.4 is 15.0 Å². The van der Waals surface area contributed by atoms with Crippen LogP contribution in [-0.2, 0) is 25.8 Å². The number of sulfone groups is 1. The summed E-state index contributed by atoms with van der Waals surface area (Å²) in [6, 6.07) is 11.8. The zero-order valence-electron chi connectivity index (χ0n) is 17.6. The Morgan fingerprint density at radius 3 is 2.65 bits per heavy atom. The molecule has 2 aromatic carbocycles. The van der Waals surface area contributed by atoms with E-state index in [1.54, 1.807) is 42.5 Å². The Hall–Kier alpha value is -2.87. The largest absolute Gasteiger partial charge is 0.497 e. The standard InChI is InChI=1S/C23H26N2O5S/c1-15-12-17-13-20(8-9-21(17)25(15)23(27)16-6-7-16)31(28,29)11-10-22(26)24-18-4-3-5-19(14-18)30-2/h3-5,8-9,13-16H,6-7,10-12H2,1-2H3,(H,24,26)/t15-/m0/s1. The second kappa shape index (κ2) is 8.34. The molecule has 2 aromatic rings. The van der Waals surface area contributed by atoms with Crippen LogP contribution in [0.4, 0.5) is 11.4 Å². The lowest BCUT2D eigenvalue weighted by atomic mass is 10.1. The van der Waals surface area contributed by atoms with Crippen molar-refractivity contribution in [2.45, 2.75) is 43.5 Å². The van der Waals surface area contributed by atoms with Crippen molar-refractivity contribution in [1.82, 2.24) is 0 Å². The molecule has 7 nitrogen and oxygen atoms in total. The Bertz CT molecular complexity index is 1120. The van der Waals surface area contributed by atoms with Gasteiger partial charge in [0.2, 0.25) is 11.8 Å². The molecule has 1 saturated carbocycles. The van der Waals surface area contributed by atoms with E-state index in [2.05, 4.69) is 5.32 Å². The van der Waals surface area contributed by atoms with Gasteiger partial charge in [0.15, 0.2) is 9.84 Å². The highest BCUT2D eigenvalue weighted by atomic mass is 32.2. The van der Waals surface area contributed by atoms with E-state index >= 15 is 0 Å². The maximum absolute atomic E-state index is 12.8. The monoisotopic (exact) mass is 442 g/mol. The first kappa shape index (κ1) is 21.4. The topological polar surface area (TPSA) is 92.8 Å². The number of fused-ring (bicyclic) bond motifs is 1. The first-order valence-electron chi connectivity index (χ1n) is 10.4. The summed E-state index contributed by atoms with van der Waals surface area (Å²) in [6.45, 7) is 1.98. The molecule has 1 atom stereocenters. The van der Waals surface area contributed by atoms with Crippen LogP contribution >= 0.6 is 0 Å². The van der Waals surface area contributed by atoms with Gasteiger partial charge in [-0.05, 0) is 62.1 Å². The highest BCUT2D eigenvalue weighted by molar-refractivity contribution is 7.91. The third kappa shape index (κ3) is 4.58. The number of rotatable bonds is 7. The van der Waals surface area contributed by atoms with Crippen molar-refractivity contribution in [1.29, 1.82) is 0 Å². The van der Waals surface area contributed by atoms with E-state index in [9.17, 15) is 18.0 Å². The van der Waals surface area contributed by atoms with E-state index in [-0.39, 0.29) is 40.8 Å². The second-order valence-corrected chi connectivity index (χ2v) is 10.3. The lowest BCUT2D eigenvalue weighted by Crippen LogP contribution is -2.36.